The number of hydrogen-bond donors (Lipinski definition) is 1. The summed E-state index contributed by atoms with van der Waals surface area (Å²) in [6.45, 7) is 5.87. The largest absolute Gasteiger partial charge is 0.493 e. The lowest BCUT2D eigenvalue weighted by molar-refractivity contribution is -0.385. The molecule has 2 saturated carbocycles. The second kappa shape index (κ2) is 16.7. The van der Waals surface area contributed by atoms with E-state index in [1.165, 1.54) is 55.6 Å². The minimum absolute atomic E-state index is 0.00135. The monoisotopic (exact) mass is 765 g/mol. The van der Waals surface area contributed by atoms with Gasteiger partial charge in [-0.05, 0) is 81.2 Å². The number of carbonyl (C=O) groups excluding carboxylic acids is 1. The van der Waals surface area contributed by atoms with Gasteiger partial charge in [-0.15, -0.1) is 0 Å². The summed E-state index contributed by atoms with van der Waals surface area (Å²) in [4.78, 5) is 41.5. The summed E-state index contributed by atoms with van der Waals surface area (Å²) < 4.78 is 13.2. The molecule has 1 amide bonds. The standard InChI is InChI=1S/C42H55N9O5/c1-55-37-25-31-15-20-49(19-8-18-43-33-10-4-3-5-11-33)42(35(31)26-38(37)56-2)16-13-30(14-17-42)41(52)48-23-21-47(22-24-48)39-34-27-46-50(40(34)45-29-44-39)28-32-9-6-7-12-36(32)51(53)54/h6-7,9,12,25-27,29-30,33,43H,3-5,8,10-11,13-24,28H2,1-2H3. The Kier molecular flexibility index (Phi) is 11.4. The van der Waals surface area contributed by atoms with Crippen LogP contribution in [-0.4, -0.2) is 106 Å². The molecule has 2 aromatic heterocycles. The van der Waals surface area contributed by atoms with Crippen molar-refractivity contribution in [2.45, 2.75) is 88.8 Å². The molecule has 14 heteroatoms. The second-order valence-electron chi connectivity index (χ2n) is 16.0. The zero-order valence-corrected chi connectivity index (χ0v) is 32.8. The number of benzene rings is 2. The minimum atomic E-state index is -0.371. The number of methoxy groups -OCH3 is 2. The Bertz CT molecular complexity index is 2010. The lowest BCUT2D eigenvalue weighted by atomic mass is 9.68. The molecule has 298 valence electrons. The third-order valence-electron chi connectivity index (χ3n) is 13.0. The summed E-state index contributed by atoms with van der Waals surface area (Å²) in [7, 11) is 3.42. The lowest BCUT2D eigenvalue weighted by Crippen LogP contribution is -2.55. The number of hydrogen-bond acceptors (Lipinski definition) is 11. The zero-order chi connectivity index (χ0) is 38.6. The van der Waals surface area contributed by atoms with Gasteiger partial charge in [-0.2, -0.15) is 5.10 Å². The average molecular weight is 766 g/mol. The summed E-state index contributed by atoms with van der Waals surface area (Å²) in [6, 6.07) is 11.8. The Hall–Kier alpha value is -4.82. The van der Waals surface area contributed by atoms with Gasteiger partial charge in [0.2, 0.25) is 5.91 Å². The smallest absolute Gasteiger partial charge is 0.274 e. The van der Waals surface area contributed by atoms with Crippen molar-refractivity contribution in [2.24, 2.45) is 5.92 Å². The van der Waals surface area contributed by atoms with Gasteiger partial charge >= 0.3 is 0 Å². The molecule has 4 aromatic rings. The van der Waals surface area contributed by atoms with Gasteiger partial charge in [0.25, 0.3) is 5.69 Å². The molecule has 1 saturated heterocycles. The van der Waals surface area contributed by atoms with Crippen LogP contribution in [0.2, 0.25) is 0 Å². The van der Waals surface area contributed by atoms with Gasteiger partial charge < -0.3 is 24.6 Å². The van der Waals surface area contributed by atoms with E-state index in [0.29, 0.717) is 43.4 Å². The first-order valence-electron chi connectivity index (χ1n) is 20.5. The molecule has 1 spiro atoms. The SMILES string of the molecule is COc1cc2c(cc1OC)C1(CCC(C(=O)N3CCN(c4ncnc5c4cnn5Cc4ccccc4[N+](=O)[O-])CC3)CC1)N(CCCNC1CCCCC1)CC2. The van der Waals surface area contributed by atoms with Crippen molar-refractivity contribution in [3.63, 3.8) is 0 Å². The number of carbonyl (C=O) groups is 1. The number of nitro groups is 1. The maximum absolute atomic E-state index is 14.2. The molecule has 0 radical (unpaired) electrons. The van der Waals surface area contributed by atoms with E-state index in [1.807, 2.05) is 4.90 Å². The van der Waals surface area contributed by atoms with E-state index in [4.69, 9.17) is 9.47 Å². The number of fused-ring (bicyclic) bond motifs is 3. The lowest BCUT2D eigenvalue weighted by Gasteiger charge is -2.52. The Morgan fingerprint density at radius 2 is 1.71 bits per heavy atom. The Morgan fingerprint density at radius 1 is 0.964 bits per heavy atom. The fourth-order valence-electron chi connectivity index (χ4n) is 9.97. The molecule has 1 N–H and O–H groups in total. The molecule has 2 aromatic carbocycles. The topological polar surface area (TPSA) is 144 Å². The molecule has 14 nitrogen and oxygen atoms in total. The van der Waals surface area contributed by atoms with Gasteiger partial charge in [0.05, 0.1) is 42.8 Å². The van der Waals surface area contributed by atoms with Gasteiger partial charge in [-0.25, -0.2) is 14.6 Å². The molecule has 56 heavy (non-hydrogen) atoms. The molecular formula is C42H55N9O5. The first-order chi connectivity index (χ1) is 27.4. The number of amides is 1. The van der Waals surface area contributed by atoms with Crippen LogP contribution in [0.5, 0.6) is 11.5 Å². The molecule has 0 atom stereocenters. The number of rotatable bonds is 12. The number of nitrogens with one attached hydrogen (secondary N) is 1. The first-order valence-corrected chi connectivity index (χ1v) is 20.5. The van der Waals surface area contributed by atoms with Crippen LogP contribution < -0.4 is 19.7 Å². The number of nitrogens with zero attached hydrogens (tertiary/aromatic N) is 8. The summed E-state index contributed by atoms with van der Waals surface area (Å²) >= 11 is 0. The molecule has 2 aliphatic heterocycles. The third-order valence-corrected chi connectivity index (χ3v) is 13.0. The Balaban J connectivity index is 0.921. The summed E-state index contributed by atoms with van der Waals surface area (Å²) in [5.74, 6) is 2.59. The summed E-state index contributed by atoms with van der Waals surface area (Å²) in [5, 5.41) is 20.8. The van der Waals surface area contributed by atoms with Crippen LogP contribution in [0.15, 0.2) is 48.9 Å². The highest BCUT2D eigenvalue weighted by atomic mass is 16.6. The molecule has 4 heterocycles. The number of piperazine rings is 1. The van der Waals surface area contributed by atoms with Gasteiger partial charge in [0.15, 0.2) is 17.1 Å². The highest BCUT2D eigenvalue weighted by Crippen LogP contribution is 2.50. The second-order valence-corrected chi connectivity index (χ2v) is 16.0. The van der Waals surface area contributed by atoms with Crippen LogP contribution in [0.1, 0.15) is 80.9 Å². The average Bonchev–Trinajstić information content (AvgIpc) is 3.66. The normalized spacial score (nSPS) is 22.0. The number of nitro benzene ring substituents is 1. The predicted octanol–water partition coefficient (Wildman–Crippen LogP) is 5.70. The number of ether oxygens (including phenoxy) is 2. The van der Waals surface area contributed by atoms with Crippen molar-refractivity contribution in [1.29, 1.82) is 0 Å². The highest BCUT2D eigenvalue weighted by molar-refractivity contribution is 5.87. The highest BCUT2D eigenvalue weighted by Gasteiger charge is 2.47. The van der Waals surface area contributed by atoms with Crippen LogP contribution in [0, 0.1) is 16.0 Å². The quantitative estimate of drug-likeness (QED) is 0.108. The van der Waals surface area contributed by atoms with Gasteiger partial charge in [-0.3, -0.25) is 19.8 Å². The van der Waals surface area contributed by atoms with E-state index in [-0.39, 0.29) is 34.5 Å². The van der Waals surface area contributed by atoms with E-state index >= 15 is 0 Å². The molecular weight excluding hydrogens is 711 g/mol. The van der Waals surface area contributed by atoms with E-state index in [9.17, 15) is 14.9 Å². The van der Waals surface area contributed by atoms with E-state index in [0.717, 1.165) is 80.9 Å². The van der Waals surface area contributed by atoms with Gasteiger partial charge in [-0.1, -0.05) is 37.5 Å². The molecule has 8 rings (SSSR count). The fourth-order valence-corrected chi connectivity index (χ4v) is 9.97. The predicted molar refractivity (Wildman–Crippen MR) is 214 cm³/mol. The van der Waals surface area contributed by atoms with Gasteiger partial charge in [0, 0.05) is 62.8 Å². The van der Waals surface area contributed by atoms with Crippen LogP contribution in [-0.2, 0) is 23.3 Å². The number of aromatic nitrogens is 4. The zero-order valence-electron chi connectivity index (χ0n) is 32.8. The first kappa shape index (κ1) is 38.1. The Labute approximate surface area is 328 Å². The van der Waals surface area contributed by atoms with E-state index in [1.54, 1.807) is 43.3 Å². The van der Waals surface area contributed by atoms with Crippen LogP contribution >= 0.6 is 0 Å². The van der Waals surface area contributed by atoms with Crippen molar-refractivity contribution in [3.05, 3.63) is 75.7 Å². The molecule has 0 bridgehead atoms. The fraction of sp³-hybridized carbons (Fsp3) is 0.571. The number of para-hydroxylation sites is 1. The van der Waals surface area contributed by atoms with Crippen molar-refractivity contribution in [1.82, 2.24) is 34.9 Å². The van der Waals surface area contributed by atoms with Crippen molar-refractivity contribution in [2.75, 3.05) is 64.9 Å². The molecule has 4 aliphatic rings. The van der Waals surface area contributed by atoms with Crippen LogP contribution in [0.3, 0.4) is 0 Å². The van der Waals surface area contributed by atoms with Gasteiger partial charge in [0.1, 0.15) is 12.1 Å². The Morgan fingerprint density at radius 3 is 2.46 bits per heavy atom. The van der Waals surface area contributed by atoms with Crippen LogP contribution in [0.4, 0.5) is 11.5 Å². The molecule has 0 unspecified atom stereocenters. The molecule has 3 fully saturated rings. The summed E-state index contributed by atoms with van der Waals surface area (Å²) in [5.41, 5.74) is 3.80. The summed E-state index contributed by atoms with van der Waals surface area (Å²) in [6.07, 6.45) is 15.6. The van der Waals surface area contributed by atoms with Crippen molar-refractivity contribution < 1.29 is 19.2 Å². The van der Waals surface area contributed by atoms with Crippen molar-refractivity contribution in [3.8, 4) is 11.5 Å². The molecule has 2 aliphatic carbocycles. The maximum atomic E-state index is 14.2. The van der Waals surface area contributed by atoms with E-state index in [2.05, 4.69) is 42.3 Å². The maximum Gasteiger partial charge on any atom is 0.274 e. The number of anilines is 1. The van der Waals surface area contributed by atoms with E-state index < -0.39 is 0 Å². The minimum Gasteiger partial charge on any atom is -0.493 e. The third kappa shape index (κ3) is 7.52. The van der Waals surface area contributed by atoms with Crippen molar-refractivity contribution >= 4 is 28.4 Å². The van der Waals surface area contributed by atoms with Crippen LogP contribution in [0.25, 0.3) is 11.0 Å².